The molecule has 0 aliphatic rings. The van der Waals surface area contributed by atoms with Crippen LogP contribution >= 0.6 is 0 Å². The lowest BCUT2D eigenvalue weighted by Crippen LogP contribution is -2.21. The standard InChI is InChI=1S/C8H12N4O3/c1-5(4-13)10-8-6(12(14)15)2-3-7(9)11-8/h2-3,5,13H,4H2,1H3,(H3,9,10,11). The molecule has 0 bridgehead atoms. The number of nitrogen functional groups attached to an aromatic ring is 1. The van der Waals surface area contributed by atoms with Gasteiger partial charge in [0.15, 0.2) is 0 Å². The predicted octanol–water partition coefficient (Wildman–Crippen LogP) is 0.365. The minimum atomic E-state index is -0.557. The molecular weight excluding hydrogens is 200 g/mol. The third kappa shape index (κ3) is 2.78. The van der Waals surface area contributed by atoms with Crippen LogP contribution in [0.2, 0.25) is 0 Å². The maximum atomic E-state index is 10.6. The summed E-state index contributed by atoms with van der Waals surface area (Å²) >= 11 is 0. The molecular formula is C8H12N4O3. The van der Waals surface area contributed by atoms with Gasteiger partial charge in [0.25, 0.3) is 0 Å². The van der Waals surface area contributed by atoms with E-state index < -0.39 is 4.92 Å². The Morgan fingerprint density at radius 2 is 2.40 bits per heavy atom. The van der Waals surface area contributed by atoms with E-state index in [0.29, 0.717) is 0 Å². The molecule has 4 N–H and O–H groups in total. The maximum Gasteiger partial charge on any atom is 0.311 e. The number of rotatable bonds is 4. The maximum absolute atomic E-state index is 10.6. The van der Waals surface area contributed by atoms with E-state index in [9.17, 15) is 10.1 Å². The monoisotopic (exact) mass is 212 g/mol. The van der Waals surface area contributed by atoms with Gasteiger partial charge in [-0.25, -0.2) is 4.98 Å². The third-order valence-corrected chi connectivity index (χ3v) is 1.75. The molecule has 1 atom stereocenters. The highest BCUT2D eigenvalue weighted by atomic mass is 16.6. The lowest BCUT2D eigenvalue weighted by molar-refractivity contribution is -0.384. The fourth-order valence-corrected chi connectivity index (χ4v) is 0.999. The van der Waals surface area contributed by atoms with Gasteiger partial charge in [-0.2, -0.15) is 0 Å². The van der Waals surface area contributed by atoms with Crippen LogP contribution in [-0.4, -0.2) is 27.7 Å². The first-order chi connectivity index (χ1) is 7.04. The first-order valence-electron chi connectivity index (χ1n) is 4.33. The van der Waals surface area contributed by atoms with Gasteiger partial charge < -0.3 is 16.2 Å². The Labute approximate surface area is 86.1 Å². The van der Waals surface area contributed by atoms with Crippen molar-refractivity contribution in [3.63, 3.8) is 0 Å². The molecule has 1 rings (SSSR count). The molecule has 0 saturated heterocycles. The number of anilines is 2. The van der Waals surface area contributed by atoms with E-state index in [-0.39, 0.29) is 30.0 Å². The number of hydrogen-bond donors (Lipinski definition) is 3. The van der Waals surface area contributed by atoms with Gasteiger partial charge >= 0.3 is 5.69 Å². The summed E-state index contributed by atoms with van der Waals surface area (Å²) in [7, 11) is 0. The molecule has 0 amide bonds. The first kappa shape index (κ1) is 11.2. The van der Waals surface area contributed by atoms with Crippen LogP contribution in [0.1, 0.15) is 6.92 Å². The van der Waals surface area contributed by atoms with Gasteiger partial charge in [-0.15, -0.1) is 0 Å². The summed E-state index contributed by atoms with van der Waals surface area (Å²) in [6.45, 7) is 1.53. The van der Waals surface area contributed by atoms with Gasteiger partial charge in [0.1, 0.15) is 5.82 Å². The minimum Gasteiger partial charge on any atom is -0.394 e. The molecule has 82 valence electrons. The van der Waals surface area contributed by atoms with Crippen molar-refractivity contribution in [2.75, 3.05) is 17.7 Å². The van der Waals surface area contributed by atoms with E-state index in [4.69, 9.17) is 10.8 Å². The molecule has 1 heterocycles. The predicted molar refractivity (Wildman–Crippen MR) is 55.5 cm³/mol. The summed E-state index contributed by atoms with van der Waals surface area (Å²) in [6, 6.07) is 2.31. The van der Waals surface area contributed by atoms with Crippen molar-refractivity contribution in [3.05, 3.63) is 22.2 Å². The smallest absolute Gasteiger partial charge is 0.311 e. The van der Waals surface area contributed by atoms with Gasteiger partial charge in [0.2, 0.25) is 5.82 Å². The van der Waals surface area contributed by atoms with Crippen molar-refractivity contribution < 1.29 is 10.0 Å². The second-order valence-corrected chi connectivity index (χ2v) is 3.09. The van der Waals surface area contributed by atoms with Crippen molar-refractivity contribution in [2.45, 2.75) is 13.0 Å². The zero-order valence-corrected chi connectivity index (χ0v) is 8.17. The van der Waals surface area contributed by atoms with Crippen molar-refractivity contribution in [1.29, 1.82) is 0 Å². The molecule has 0 spiro atoms. The number of nitro groups is 1. The molecule has 0 radical (unpaired) electrons. The van der Waals surface area contributed by atoms with E-state index >= 15 is 0 Å². The van der Waals surface area contributed by atoms with E-state index in [1.54, 1.807) is 6.92 Å². The van der Waals surface area contributed by atoms with Gasteiger partial charge in [-0.05, 0) is 13.0 Å². The average Bonchev–Trinajstić information content (AvgIpc) is 2.17. The largest absolute Gasteiger partial charge is 0.394 e. The number of nitrogens with two attached hydrogens (primary N) is 1. The molecule has 0 aliphatic heterocycles. The summed E-state index contributed by atoms with van der Waals surface area (Å²) in [5, 5.41) is 22.1. The fraction of sp³-hybridized carbons (Fsp3) is 0.375. The van der Waals surface area contributed by atoms with Crippen LogP contribution < -0.4 is 11.1 Å². The zero-order valence-electron chi connectivity index (χ0n) is 8.17. The second kappa shape index (κ2) is 4.56. The highest BCUT2D eigenvalue weighted by Crippen LogP contribution is 2.23. The summed E-state index contributed by atoms with van der Waals surface area (Å²) in [5.74, 6) is 0.259. The topological polar surface area (TPSA) is 114 Å². The first-order valence-corrected chi connectivity index (χ1v) is 4.33. The summed E-state index contributed by atoms with van der Waals surface area (Å²) < 4.78 is 0. The van der Waals surface area contributed by atoms with E-state index in [0.717, 1.165) is 0 Å². The number of hydrogen-bond acceptors (Lipinski definition) is 6. The molecule has 1 aromatic heterocycles. The van der Waals surface area contributed by atoms with Crippen LogP contribution in [0.5, 0.6) is 0 Å². The molecule has 1 aromatic rings. The van der Waals surface area contributed by atoms with Crippen LogP contribution in [0.15, 0.2) is 12.1 Å². The Bertz CT molecular complexity index is 369. The van der Waals surface area contributed by atoms with Crippen molar-refractivity contribution in [3.8, 4) is 0 Å². The average molecular weight is 212 g/mol. The van der Waals surface area contributed by atoms with E-state index in [1.165, 1.54) is 12.1 Å². The Morgan fingerprint density at radius 1 is 1.73 bits per heavy atom. The van der Waals surface area contributed by atoms with E-state index in [1.807, 2.05) is 0 Å². The Hall–Kier alpha value is -1.89. The lowest BCUT2D eigenvalue weighted by atomic mass is 10.3. The molecule has 0 fully saturated rings. The van der Waals surface area contributed by atoms with Crippen LogP contribution in [0, 0.1) is 10.1 Å². The summed E-state index contributed by atoms with van der Waals surface area (Å²) in [4.78, 5) is 13.9. The molecule has 0 aliphatic carbocycles. The number of nitrogens with one attached hydrogen (secondary N) is 1. The van der Waals surface area contributed by atoms with Crippen LogP contribution in [0.25, 0.3) is 0 Å². The van der Waals surface area contributed by atoms with Gasteiger partial charge in [0, 0.05) is 12.1 Å². The summed E-state index contributed by atoms with van der Waals surface area (Å²) in [6.07, 6.45) is 0. The molecule has 1 unspecified atom stereocenters. The number of pyridine rings is 1. The zero-order chi connectivity index (χ0) is 11.4. The molecule has 7 heteroatoms. The van der Waals surface area contributed by atoms with E-state index in [2.05, 4.69) is 10.3 Å². The number of aliphatic hydroxyl groups excluding tert-OH is 1. The Kier molecular flexibility index (Phi) is 3.40. The fourth-order valence-electron chi connectivity index (χ4n) is 0.999. The second-order valence-electron chi connectivity index (χ2n) is 3.09. The number of nitrogens with zero attached hydrogens (tertiary/aromatic N) is 2. The number of aromatic nitrogens is 1. The van der Waals surface area contributed by atoms with Gasteiger partial charge in [-0.3, -0.25) is 10.1 Å². The minimum absolute atomic E-state index is 0.0709. The lowest BCUT2D eigenvalue weighted by Gasteiger charge is -2.11. The normalized spacial score (nSPS) is 12.1. The van der Waals surface area contributed by atoms with Crippen molar-refractivity contribution in [1.82, 2.24) is 4.98 Å². The highest BCUT2D eigenvalue weighted by molar-refractivity contribution is 5.59. The molecule has 0 saturated carbocycles. The third-order valence-electron chi connectivity index (χ3n) is 1.75. The van der Waals surface area contributed by atoms with Crippen LogP contribution in [0.3, 0.4) is 0 Å². The number of aliphatic hydroxyl groups is 1. The summed E-state index contributed by atoms with van der Waals surface area (Å²) in [5.41, 5.74) is 5.25. The van der Waals surface area contributed by atoms with Gasteiger partial charge in [-0.1, -0.05) is 0 Å². The molecule has 0 aromatic carbocycles. The SMILES string of the molecule is CC(CO)Nc1nc(N)ccc1[N+](=O)[O-]. The highest BCUT2D eigenvalue weighted by Gasteiger charge is 2.16. The van der Waals surface area contributed by atoms with Crippen molar-refractivity contribution in [2.24, 2.45) is 0 Å². The van der Waals surface area contributed by atoms with Gasteiger partial charge in [0.05, 0.1) is 11.5 Å². The van der Waals surface area contributed by atoms with Crippen LogP contribution in [-0.2, 0) is 0 Å². The quantitative estimate of drug-likeness (QED) is 0.490. The van der Waals surface area contributed by atoms with Crippen LogP contribution in [0.4, 0.5) is 17.3 Å². The van der Waals surface area contributed by atoms with Crippen molar-refractivity contribution >= 4 is 17.3 Å². The Balaban J connectivity index is 3.02. The molecule has 15 heavy (non-hydrogen) atoms. The molecule has 7 nitrogen and oxygen atoms in total. The Morgan fingerprint density at radius 3 is 2.93 bits per heavy atom.